The van der Waals surface area contributed by atoms with Gasteiger partial charge in [-0.1, -0.05) is 12.8 Å². The van der Waals surface area contributed by atoms with E-state index >= 15 is 0 Å². The first-order valence-corrected chi connectivity index (χ1v) is 5.65. The number of rotatable bonds is 2. The van der Waals surface area contributed by atoms with E-state index in [0.717, 1.165) is 17.9 Å². The SMILES string of the molecule is O=C(CCl)NN1C(=O)NC2(CCCC2)C1=O. The molecule has 1 aliphatic carbocycles. The Hall–Kier alpha value is -1.30. The zero-order chi connectivity index (χ0) is 11.8. The normalized spacial score (nSPS) is 22.7. The summed E-state index contributed by atoms with van der Waals surface area (Å²) in [4.78, 5) is 34.6. The molecule has 2 rings (SSSR count). The highest BCUT2D eigenvalue weighted by Gasteiger charge is 2.53. The number of imide groups is 1. The second kappa shape index (κ2) is 3.93. The van der Waals surface area contributed by atoms with Gasteiger partial charge >= 0.3 is 6.03 Å². The molecular weight excluding hydrogens is 234 g/mol. The van der Waals surface area contributed by atoms with Crippen molar-refractivity contribution >= 4 is 29.4 Å². The van der Waals surface area contributed by atoms with Crippen LogP contribution in [0, 0.1) is 0 Å². The maximum Gasteiger partial charge on any atom is 0.344 e. The van der Waals surface area contributed by atoms with Crippen LogP contribution in [0.4, 0.5) is 4.79 Å². The van der Waals surface area contributed by atoms with Crippen LogP contribution in [0.1, 0.15) is 25.7 Å². The van der Waals surface area contributed by atoms with Crippen molar-refractivity contribution in [1.29, 1.82) is 0 Å². The molecule has 1 saturated heterocycles. The zero-order valence-corrected chi connectivity index (χ0v) is 9.34. The van der Waals surface area contributed by atoms with Gasteiger partial charge in [-0.15, -0.1) is 11.6 Å². The number of carbonyl (C=O) groups is 3. The third-order valence-electron chi connectivity index (χ3n) is 2.98. The molecule has 16 heavy (non-hydrogen) atoms. The second-order valence-electron chi connectivity index (χ2n) is 4.03. The van der Waals surface area contributed by atoms with Crippen molar-refractivity contribution in [1.82, 2.24) is 15.8 Å². The summed E-state index contributed by atoms with van der Waals surface area (Å²) in [5.41, 5.74) is 1.39. The predicted octanol–water partition coefficient (Wildman–Crippen LogP) is 0.121. The molecule has 2 N–H and O–H groups in total. The summed E-state index contributed by atoms with van der Waals surface area (Å²) in [5, 5.41) is 3.37. The van der Waals surface area contributed by atoms with E-state index in [1.807, 2.05) is 0 Å². The van der Waals surface area contributed by atoms with Crippen LogP contribution in [0.3, 0.4) is 0 Å². The summed E-state index contributed by atoms with van der Waals surface area (Å²) in [6.07, 6.45) is 3.07. The molecule has 0 aromatic rings. The number of nitrogens with one attached hydrogen (secondary N) is 2. The van der Waals surface area contributed by atoms with Crippen molar-refractivity contribution < 1.29 is 14.4 Å². The van der Waals surface area contributed by atoms with Crippen molar-refractivity contribution in [2.45, 2.75) is 31.2 Å². The van der Waals surface area contributed by atoms with Gasteiger partial charge in [-0.05, 0) is 12.8 Å². The minimum absolute atomic E-state index is 0.288. The van der Waals surface area contributed by atoms with Gasteiger partial charge in [-0.2, -0.15) is 5.01 Å². The molecule has 4 amide bonds. The van der Waals surface area contributed by atoms with Crippen molar-refractivity contribution in [3.63, 3.8) is 0 Å². The topological polar surface area (TPSA) is 78.5 Å². The lowest BCUT2D eigenvalue weighted by Crippen LogP contribution is -2.49. The molecule has 2 fully saturated rings. The van der Waals surface area contributed by atoms with Gasteiger partial charge in [-0.25, -0.2) is 4.79 Å². The fourth-order valence-electron chi connectivity index (χ4n) is 2.19. The number of carbonyl (C=O) groups excluding carboxylic acids is 3. The Kier molecular flexibility index (Phi) is 2.75. The van der Waals surface area contributed by atoms with Gasteiger partial charge in [0, 0.05) is 0 Å². The van der Waals surface area contributed by atoms with Crippen molar-refractivity contribution in [2.24, 2.45) is 0 Å². The van der Waals surface area contributed by atoms with Gasteiger partial charge in [0.1, 0.15) is 11.4 Å². The zero-order valence-electron chi connectivity index (χ0n) is 8.59. The molecule has 1 saturated carbocycles. The third-order valence-corrected chi connectivity index (χ3v) is 3.22. The highest BCUT2D eigenvalue weighted by molar-refractivity contribution is 6.27. The number of nitrogens with zero attached hydrogens (tertiary/aromatic N) is 1. The maximum absolute atomic E-state index is 12.0. The number of hydrogen-bond donors (Lipinski definition) is 2. The van der Waals surface area contributed by atoms with E-state index in [0.29, 0.717) is 12.8 Å². The first-order valence-electron chi connectivity index (χ1n) is 5.11. The first kappa shape index (κ1) is 11.2. The molecule has 0 radical (unpaired) electrons. The van der Waals surface area contributed by atoms with Crippen molar-refractivity contribution in [3.8, 4) is 0 Å². The van der Waals surface area contributed by atoms with Gasteiger partial charge in [0.25, 0.3) is 11.8 Å². The molecule has 1 spiro atoms. The van der Waals surface area contributed by atoms with E-state index in [-0.39, 0.29) is 11.8 Å². The van der Waals surface area contributed by atoms with Crippen LogP contribution in [0.5, 0.6) is 0 Å². The highest BCUT2D eigenvalue weighted by atomic mass is 35.5. The Bertz CT molecular complexity index is 352. The number of alkyl halides is 1. The average Bonchev–Trinajstić information content (AvgIpc) is 2.81. The maximum atomic E-state index is 12.0. The lowest BCUT2D eigenvalue weighted by Gasteiger charge is -2.19. The summed E-state index contributed by atoms with van der Waals surface area (Å²) in [7, 11) is 0. The minimum atomic E-state index is -0.795. The Morgan fingerprint density at radius 1 is 1.44 bits per heavy atom. The molecule has 0 aromatic carbocycles. The fourth-order valence-corrected chi connectivity index (χ4v) is 2.25. The van der Waals surface area contributed by atoms with Gasteiger partial charge < -0.3 is 5.32 Å². The van der Waals surface area contributed by atoms with Crippen molar-refractivity contribution in [2.75, 3.05) is 5.88 Å². The van der Waals surface area contributed by atoms with Crippen molar-refractivity contribution in [3.05, 3.63) is 0 Å². The number of amides is 4. The summed E-state index contributed by atoms with van der Waals surface area (Å²) in [6, 6.07) is -0.578. The lowest BCUT2D eigenvalue weighted by molar-refractivity contribution is -0.138. The van der Waals surface area contributed by atoms with E-state index in [1.54, 1.807) is 0 Å². The number of hydrogen-bond acceptors (Lipinski definition) is 3. The van der Waals surface area contributed by atoms with E-state index in [1.165, 1.54) is 0 Å². The highest BCUT2D eigenvalue weighted by Crippen LogP contribution is 2.34. The van der Waals surface area contributed by atoms with Crippen LogP contribution < -0.4 is 10.7 Å². The van der Waals surface area contributed by atoms with Gasteiger partial charge in [0.05, 0.1) is 0 Å². The molecule has 2 aliphatic rings. The summed E-state index contributed by atoms with van der Waals surface area (Å²) >= 11 is 5.30. The van der Waals surface area contributed by atoms with E-state index in [4.69, 9.17) is 11.6 Å². The van der Waals surface area contributed by atoms with Crippen LogP contribution in [-0.2, 0) is 9.59 Å². The molecule has 0 aromatic heterocycles. The molecule has 0 bridgehead atoms. The second-order valence-corrected chi connectivity index (χ2v) is 4.30. The van der Waals surface area contributed by atoms with Gasteiger partial charge in [-0.3, -0.25) is 15.0 Å². The van der Waals surface area contributed by atoms with E-state index < -0.39 is 17.5 Å². The molecule has 7 heteroatoms. The standard InChI is InChI=1S/C9H12ClN3O3/c10-5-6(14)12-13-7(15)9(11-8(13)16)3-1-2-4-9/h1-5H2,(H,11,16)(H,12,14). The Morgan fingerprint density at radius 3 is 2.62 bits per heavy atom. The molecule has 0 atom stereocenters. The molecule has 6 nitrogen and oxygen atoms in total. The Morgan fingerprint density at radius 2 is 2.06 bits per heavy atom. The summed E-state index contributed by atoms with van der Waals surface area (Å²) < 4.78 is 0. The van der Waals surface area contributed by atoms with Gasteiger partial charge in [0.15, 0.2) is 0 Å². The fraction of sp³-hybridized carbons (Fsp3) is 0.667. The first-order chi connectivity index (χ1) is 7.59. The Balaban J connectivity index is 2.13. The third kappa shape index (κ3) is 1.63. The van der Waals surface area contributed by atoms with Crippen LogP contribution in [0.2, 0.25) is 0 Å². The van der Waals surface area contributed by atoms with Crippen LogP contribution >= 0.6 is 11.6 Å². The average molecular weight is 246 g/mol. The largest absolute Gasteiger partial charge is 0.344 e. The number of halogens is 1. The summed E-state index contributed by atoms with van der Waals surface area (Å²) in [5.74, 6) is -1.24. The number of urea groups is 1. The number of hydrazine groups is 1. The summed E-state index contributed by atoms with van der Waals surface area (Å²) in [6.45, 7) is 0. The molecule has 0 unspecified atom stereocenters. The van der Waals surface area contributed by atoms with Crippen LogP contribution in [0.15, 0.2) is 0 Å². The van der Waals surface area contributed by atoms with Crippen LogP contribution in [0.25, 0.3) is 0 Å². The van der Waals surface area contributed by atoms with E-state index in [2.05, 4.69) is 10.7 Å². The molecule has 88 valence electrons. The predicted molar refractivity (Wildman–Crippen MR) is 55.4 cm³/mol. The molecular formula is C9H12ClN3O3. The minimum Gasteiger partial charge on any atom is -0.322 e. The molecule has 1 aliphatic heterocycles. The van der Waals surface area contributed by atoms with Gasteiger partial charge in [0.2, 0.25) is 0 Å². The van der Waals surface area contributed by atoms with E-state index in [9.17, 15) is 14.4 Å². The monoisotopic (exact) mass is 245 g/mol. The Labute approximate surface area is 97.3 Å². The molecule has 1 heterocycles. The quantitative estimate of drug-likeness (QED) is 0.536. The smallest absolute Gasteiger partial charge is 0.322 e. The van der Waals surface area contributed by atoms with Crippen LogP contribution in [-0.4, -0.2) is 34.3 Å². The lowest BCUT2D eigenvalue weighted by atomic mass is 9.98.